The molecule has 1 aromatic rings. The van der Waals surface area contributed by atoms with E-state index >= 15 is 0 Å². The molecule has 0 saturated heterocycles. The third kappa shape index (κ3) is 3.38. The molecular weight excluding hydrogens is 240 g/mol. The highest BCUT2D eigenvalue weighted by atomic mass is 16.6. The SMILES string of the molecule is COC(=O)C(Oc1cccc(OC)c1)C(=O)OC. The lowest BCUT2D eigenvalue weighted by Crippen LogP contribution is -2.37. The van der Waals surface area contributed by atoms with E-state index in [0.717, 1.165) is 14.2 Å². The summed E-state index contributed by atoms with van der Waals surface area (Å²) in [6.07, 6.45) is -1.45. The van der Waals surface area contributed by atoms with Crippen molar-refractivity contribution in [1.29, 1.82) is 0 Å². The van der Waals surface area contributed by atoms with Gasteiger partial charge in [-0.05, 0) is 12.1 Å². The van der Waals surface area contributed by atoms with E-state index in [9.17, 15) is 9.59 Å². The van der Waals surface area contributed by atoms with Crippen molar-refractivity contribution in [3.63, 3.8) is 0 Å². The molecule has 0 N–H and O–H groups in total. The molecule has 18 heavy (non-hydrogen) atoms. The van der Waals surface area contributed by atoms with Crippen LogP contribution < -0.4 is 9.47 Å². The Labute approximate surface area is 104 Å². The monoisotopic (exact) mass is 254 g/mol. The van der Waals surface area contributed by atoms with Gasteiger partial charge in [0.25, 0.3) is 6.10 Å². The van der Waals surface area contributed by atoms with Crippen LogP contribution in [0.15, 0.2) is 24.3 Å². The maximum Gasteiger partial charge on any atom is 0.359 e. The van der Waals surface area contributed by atoms with Gasteiger partial charge in [0.05, 0.1) is 21.3 Å². The summed E-state index contributed by atoms with van der Waals surface area (Å²) in [6, 6.07) is 6.50. The van der Waals surface area contributed by atoms with Gasteiger partial charge in [-0.3, -0.25) is 0 Å². The van der Waals surface area contributed by atoms with Crippen LogP contribution in [0.25, 0.3) is 0 Å². The highest BCUT2D eigenvalue weighted by Gasteiger charge is 2.31. The Kier molecular flexibility index (Phi) is 4.98. The van der Waals surface area contributed by atoms with Crippen LogP contribution in [0, 0.1) is 0 Å². The van der Waals surface area contributed by atoms with Gasteiger partial charge >= 0.3 is 11.9 Å². The Morgan fingerprint density at radius 3 is 2.06 bits per heavy atom. The second-order valence-electron chi connectivity index (χ2n) is 3.22. The number of esters is 2. The topological polar surface area (TPSA) is 71.1 Å². The van der Waals surface area contributed by atoms with E-state index in [1.807, 2.05) is 0 Å². The average Bonchev–Trinajstić information content (AvgIpc) is 2.43. The molecule has 0 unspecified atom stereocenters. The molecule has 1 aromatic carbocycles. The largest absolute Gasteiger partial charge is 0.497 e. The van der Waals surface area contributed by atoms with Crippen molar-refractivity contribution < 1.29 is 28.5 Å². The fourth-order valence-electron chi connectivity index (χ4n) is 1.22. The third-order valence-corrected chi connectivity index (χ3v) is 2.13. The molecule has 0 amide bonds. The molecule has 0 bridgehead atoms. The fourth-order valence-corrected chi connectivity index (χ4v) is 1.22. The van der Waals surface area contributed by atoms with Crippen molar-refractivity contribution >= 4 is 11.9 Å². The van der Waals surface area contributed by atoms with Gasteiger partial charge in [-0.2, -0.15) is 0 Å². The molecule has 1 rings (SSSR count). The lowest BCUT2D eigenvalue weighted by atomic mass is 10.3. The fraction of sp³-hybridized carbons (Fsp3) is 0.333. The van der Waals surface area contributed by atoms with Gasteiger partial charge in [0.1, 0.15) is 11.5 Å². The number of hydrogen-bond acceptors (Lipinski definition) is 6. The third-order valence-electron chi connectivity index (χ3n) is 2.13. The van der Waals surface area contributed by atoms with Gasteiger partial charge in [0.15, 0.2) is 0 Å². The lowest BCUT2D eigenvalue weighted by molar-refractivity contribution is -0.163. The van der Waals surface area contributed by atoms with Gasteiger partial charge in [-0.1, -0.05) is 6.07 Å². The van der Waals surface area contributed by atoms with Crippen molar-refractivity contribution in [3.8, 4) is 11.5 Å². The smallest absolute Gasteiger partial charge is 0.359 e. The first kappa shape index (κ1) is 13.8. The summed E-state index contributed by atoms with van der Waals surface area (Å²) < 4.78 is 19.2. The Bertz CT molecular complexity index is 412. The molecule has 0 fully saturated rings. The highest BCUT2D eigenvalue weighted by Crippen LogP contribution is 2.20. The maximum atomic E-state index is 11.4. The van der Waals surface area contributed by atoms with Crippen molar-refractivity contribution in [1.82, 2.24) is 0 Å². The molecule has 0 aliphatic rings. The summed E-state index contributed by atoms with van der Waals surface area (Å²) in [4.78, 5) is 22.8. The zero-order chi connectivity index (χ0) is 13.5. The van der Waals surface area contributed by atoms with Crippen molar-refractivity contribution in [3.05, 3.63) is 24.3 Å². The molecule has 0 saturated carbocycles. The molecule has 6 heteroatoms. The molecule has 0 aliphatic carbocycles. The van der Waals surface area contributed by atoms with E-state index < -0.39 is 18.0 Å². The number of ether oxygens (including phenoxy) is 4. The number of methoxy groups -OCH3 is 3. The van der Waals surface area contributed by atoms with Crippen LogP contribution in [0.5, 0.6) is 11.5 Å². The molecule has 0 radical (unpaired) electrons. The van der Waals surface area contributed by atoms with Crippen LogP contribution in [0.4, 0.5) is 0 Å². The quantitative estimate of drug-likeness (QED) is 0.571. The first-order valence-corrected chi connectivity index (χ1v) is 5.08. The minimum Gasteiger partial charge on any atom is -0.497 e. The Balaban J connectivity index is 2.88. The molecule has 0 atom stereocenters. The first-order chi connectivity index (χ1) is 8.62. The van der Waals surface area contributed by atoms with E-state index in [-0.39, 0.29) is 0 Å². The summed E-state index contributed by atoms with van der Waals surface area (Å²) >= 11 is 0. The predicted octanol–water partition coefficient (Wildman–Crippen LogP) is 0.789. The molecule has 0 spiro atoms. The summed E-state index contributed by atoms with van der Waals surface area (Å²) in [7, 11) is 3.82. The number of hydrogen-bond donors (Lipinski definition) is 0. The van der Waals surface area contributed by atoms with E-state index in [2.05, 4.69) is 9.47 Å². The summed E-state index contributed by atoms with van der Waals surface area (Å²) in [6.45, 7) is 0. The molecule has 0 aromatic heterocycles. The summed E-state index contributed by atoms with van der Waals surface area (Å²) in [5.41, 5.74) is 0. The average molecular weight is 254 g/mol. The molecule has 98 valence electrons. The standard InChI is InChI=1S/C12H14O6/c1-15-8-5-4-6-9(7-8)18-10(11(13)16-2)12(14)17-3/h4-7,10H,1-3H3. The Morgan fingerprint density at radius 1 is 1.00 bits per heavy atom. The van der Waals surface area contributed by atoms with Crippen LogP contribution >= 0.6 is 0 Å². The second kappa shape index (κ2) is 6.48. The molecular formula is C12H14O6. The van der Waals surface area contributed by atoms with Crippen LogP contribution in [0.1, 0.15) is 0 Å². The van der Waals surface area contributed by atoms with Gasteiger partial charge in [-0.25, -0.2) is 9.59 Å². The van der Waals surface area contributed by atoms with Gasteiger partial charge < -0.3 is 18.9 Å². The Hall–Kier alpha value is -2.24. The van der Waals surface area contributed by atoms with Crippen LogP contribution in [0.2, 0.25) is 0 Å². The summed E-state index contributed by atoms with van der Waals surface area (Å²) in [5.74, 6) is -0.814. The minimum atomic E-state index is -1.45. The molecule has 6 nitrogen and oxygen atoms in total. The highest BCUT2D eigenvalue weighted by molar-refractivity contribution is 5.98. The minimum absolute atomic E-state index is 0.301. The van der Waals surface area contributed by atoms with Gasteiger partial charge in [0, 0.05) is 6.07 Å². The van der Waals surface area contributed by atoms with E-state index in [0.29, 0.717) is 11.5 Å². The van der Waals surface area contributed by atoms with Crippen molar-refractivity contribution in [2.45, 2.75) is 6.10 Å². The molecule has 0 aliphatic heterocycles. The zero-order valence-corrected chi connectivity index (χ0v) is 10.3. The lowest BCUT2D eigenvalue weighted by Gasteiger charge is -2.15. The van der Waals surface area contributed by atoms with Crippen molar-refractivity contribution in [2.24, 2.45) is 0 Å². The molecule has 0 heterocycles. The number of rotatable bonds is 5. The van der Waals surface area contributed by atoms with E-state index in [1.54, 1.807) is 24.3 Å². The second-order valence-corrected chi connectivity index (χ2v) is 3.22. The van der Waals surface area contributed by atoms with Gasteiger partial charge in [-0.15, -0.1) is 0 Å². The van der Waals surface area contributed by atoms with Crippen LogP contribution in [0.3, 0.4) is 0 Å². The van der Waals surface area contributed by atoms with Gasteiger partial charge in [0.2, 0.25) is 0 Å². The summed E-state index contributed by atoms with van der Waals surface area (Å²) in [5, 5.41) is 0. The first-order valence-electron chi connectivity index (χ1n) is 5.08. The van der Waals surface area contributed by atoms with Crippen LogP contribution in [-0.2, 0) is 19.1 Å². The van der Waals surface area contributed by atoms with Crippen LogP contribution in [-0.4, -0.2) is 39.4 Å². The van der Waals surface area contributed by atoms with E-state index in [1.165, 1.54) is 7.11 Å². The maximum absolute atomic E-state index is 11.4. The number of benzene rings is 1. The van der Waals surface area contributed by atoms with E-state index in [4.69, 9.17) is 9.47 Å². The predicted molar refractivity (Wildman–Crippen MR) is 61.4 cm³/mol. The normalized spacial score (nSPS) is 9.78. The number of carbonyl (C=O) groups excluding carboxylic acids is 2. The Morgan fingerprint density at radius 2 is 1.56 bits per heavy atom. The zero-order valence-electron chi connectivity index (χ0n) is 10.3. The van der Waals surface area contributed by atoms with Crippen molar-refractivity contribution in [2.75, 3.05) is 21.3 Å². The number of carbonyl (C=O) groups is 2.